The van der Waals surface area contributed by atoms with Gasteiger partial charge in [0.15, 0.2) is 0 Å². The number of ether oxygens (including phenoxy) is 1. The minimum atomic E-state index is -4.66. The topological polar surface area (TPSA) is 116 Å². The maximum Gasteiger partial charge on any atom is 0.416 e. The third kappa shape index (κ3) is 6.10. The van der Waals surface area contributed by atoms with Crippen molar-refractivity contribution in [2.24, 2.45) is 7.05 Å². The molecule has 0 bridgehead atoms. The summed E-state index contributed by atoms with van der Waals surface area (Å²) in [5, 5.41) is 2.31. The van der Waals surface area contributed by atoms with Crippen molar-refractivity contribution in [3.63, 3.8) is 0 Å². The molecule has 0 aliphatic carbocycles. The number of hydroxylamine groups is 1. The summed E-state index contributed by atoms with van der Waals surface area (Å²) in [5.74, 6) is 0.403. The Morgan fingerprint density at radius 3 is 2.57 bits per heavy atom. The minimum absolute atomic E-state index is 0.169. The number of alkyl halides is 3. The number of carbonyl (C=O) groups excluding carboxylic acids is 1. The number of nitrogens with zero attached hydrogens (tertiary/aromatic N) is 4. The van der Waals surface area contributed by atoms with Gasteiger partial charge in [-0.25, -0.2) is 9.78 Å². The molecule has 4 rings (SSSR count). The van der Waals surface area contributed by atoms with E-state index in [1.807, 2.05) is 0 Å². The summed E-state index contributed by atoms with van der Waals surface area (Å²) in [5.41, 5.74) is -0.263. The summed E-state index contributed by atoms with van der Waals surface area (Å²) in [6.45, 7) is 0. The molecule has 0 fully saturated rings. The molecule has 1 N–H and O–H groups in total. The molecule has 37 heavy (non-hydrogen) atoms. The Bertz CT molecular complexity index is 1590. The number of benzene rings is 2. The summed E-state index contributed by atoms with van der Waals surface area (Å²) < 4.78 is 75.1. The third-order valence-corrected chi connectivity index (χ3v) is 5.54. The van der Waals surface area contributed by atoms with Crippen LogP contribution in [0.3, 0.4) is 0 Å². The number of nitrogens with one attached hydrogen (secondary N) is 1. The summed E-state index contributed by atoms with van der Waals surface area (Å²) in [4.78, 5) is 21.1. The van der Waals surface area contributed by atoms with Gasteiger partial charge in [0.2, 0.25) is 5.88 Å². The van der Waals surface area contributed by atoms with E-state index >= 15 is 0 Å². The number of hydrogen-bond acceptors (Lipinski definition) is 7. The van der Waals surface area contributed by atoms with Crippen molar-refractivity contribution in [1.29, 1.82) is 0 Å². The Morgan fingerprint density at radius 2 is 1.89 bits per heavy atom. The predicted octanol–water partition coefficient (Wildman–Crippen LogP) is 5.36. The lowest BCUT2D eigenvalue weighted by atomic mass is 10.2. The van der Waals surface area contributed by atoms with Gasteiger partial charge in [-0.2, -0.15) is 31.6 Å². The van der Waals surface area contributed by atoms with E-state index in [0.29, 0.717) is 28.4 Å². The second-order valence-corrected chi connectivity index (χ2v) is 9.60. The second kappa shape index (κ2) is 9.88. The van der Waals surface area contributed by atoms with Gasteiger partial charge in [-0.15, -0.1) is 4.28 Å². The molecule has 2 aromatic carbocycles. The number of urea groups is 1. The van der Waals surface area contributed by atoms with Crippen LogP contribution in [0.2, 0.25) is 5.02 Å². The average Bonchev–Trinajstić information content (AvgIpc) is 3.19. The molecule has 10 nitrogen and oxygen atoms in total. The van der Waals surface area contributed by atoms with Crippen LogP contribution in [-0.2, 0) is 27.6 Å². The first-order valence-corrected chi connectivity index (χ1v) is 12.4. The molecule has 0 saturated heterocycles. The van der Waals surface area contributed by atoms with Crippen LogP contribution in [0.5, 0.6) is 11.6 Å². The lowest BCUT2D eigenvalue weighted by Crippen LogP contribution is -2.37. The van der Waals surface area contributed by atoms with Crippen molar-refractivity contribution in [2.45, 2.75) is 6.18 Å². The molecule has 0 saturated carbocycles. The summed E-state index contributed by atoms with van der Waals surface area (Å²) in [6.07, 6.45) is -0.889. The van der Waals surface area contributed by atoms with E-state index in [4.69, 9.17) is 20.6 Å². The third-order valence-electron chi connectivity index (χ3n) is 4.81. The fraction of sp³-hybridized carbons (Fsp3) is 0.136. The van der Waals surface area contributed by atoms with Crippen molar-refractivity contribution in [3.8, 4) is 11.6 Å². The smallest absolute Gasteiger partial charge is 0.416 e. The number of amides is 2. The molecule has 0 radical (unpaired) electrons. The highest BCUT2D eigenvalue weighted by molar-refractivity contribution is 7.86. The first-order valence-electron chi connectivity index (χ1n) is 10.2. The van der Waals surface area contributed by atoms with Crippen molar-refractivity contribution in [3.05, 3.63) is 71.6 Å². The van der Waals surface area contributed by atoms with E-state index < -0.39 is 27.9 Å². The number of halogens is 4. The zero-order valence-corrected chi connectivity index (χ0v) is 20.6. The lowest BCUT2D eigenvalue weighted by Gasteiger charge is -2.22. The zero-order chi connectivity index (χ0) is 27.0. The van der Waals surface area contributed by atoms with Crippen LogP contribution < -0.4 is 15.1 Å². The Balaban J connectivity index is 1.63. The number of aromatic nitrogens is 3. The molecule has 0 aliphatic heterocycles. The van der Waals surface area contributed by atoms with Crippen molar-refractivity contribution in [1.82, 2.24) is 14.5 Å². The van der Waals surface area contributed by atoms with Gasteiger partial charge in [0.25, 0.3) is 10.1 Å². The van der Waals surface area contributed by atoms with Crippen LogP contribution in [0, 0.1) is 0 Å². The highest BCUT2D eigenvalue weighted by Gasteiger charge is 2.31. The molecular formula is C22H17ClF3N5O5S. The maximum atomic E-state index is 13.0. The van der Waals surface area contributed by atoms with Crippen LogP contribution in [0.4, 0.5) is 29.3 Å². The van der Waals surface area contributed by atoms with Crippen LogP contribution in [0.1, 0.15) is 5.56 Å². The molecule has 4 aromatic rings. The monoisotopic (exact) mass is 555 g/mol. The van der Waals surface area contributed by atoms with E-state index in [1.165, 1.54) is 30.6 Å². The standard InChI is InChI=1S/C22H17ClF3N5O5S/c1-30-9-8-17-19(30)20(28-12-27-17)35-15-6-7-18(16(23)11-15)31(36-37(2,33)34)21(32)29-14-5-3-4-13(10-14)22(24,25)26/h3-12H,1-2H3,(H,29,32). The van der Waals surface area contributed by atoms with Crippen LogP contribution in [0.15, 0.2) is 61.1 Å². The highest BCUT2D eigenvalue weighted by Crippen LogP contribution is 2.35. The molecule has 0 atom stereocenters. The van der Waals surface area contributed by atoms with Gasteiger partial charge in [0, 0.05) is 25.0 Å². The van der Waals surface area contributed by atoms with Gasteiger partial charge in [0.1, 0.15) is 17.6 Å². The van der Waals surface area contributed by atoms with Gasteiger partial charge in [-0.3, -0.25) is 0 Å². The quantitative estimate of drug-likeness (QED) is 0.318. The number of carbonyl (C=O) groups is 1. The summed E-state index contributed by atoms with van der Waals surface area (Å²) in [6, 6.07) is 8.20. The fourth-order valence-corrected chi connectivity index (χ4v) is 3.92. The number of anilines is 2. The lowest BCUT2D eigenvalue weighted by molar-refractivity contribution is -0.137. The largest absolute Gasteiger partial charge is 0.437 e. The molecule has 0 aliphatic rings. The SMILES string of the molecule is Cn1ccc2ncnc(Oc3ccc(N(OS(C)(=O)=O)C(=O)Nc4cccc(C(F)(F)F)c4)c(Cl)c3)c21. The van der Waals surface area contributed by atoms with Crippen molar-refractivity contribution >= 4 is 50.2 Å². The highest BCUT2D eigenvalue weighted by atomic mass is 35.5. The maximum absolute atomic E-state index is 13.0. The molecular weight excluding hydrogens is 539 g/mol. The minimum Gasteiger partial charge on any atom is -0.437 e. The number of rotatable bonds is 6. The molecule has 0 spiro atoms. The molecule has 2 amide bonds. The van der Waals surface area contributed by atoms with Gasteiger partial charge in [-0.05, 0) is 36.4 Å². The van der Waals surface area contributed by atoms with Gasteiger partial charge >= 0.3 is 12.2 Å². The van der Waals surface area contributed by atoms with E-state index in [1.54, 1.807) is 23.9 Å². The molecule has 194 valence electrons. The number of hydrogen-bond donors (Lipinski definition) is 1. The predicted molar refractivity (Wildman–Crippen MR) is 129 cm³/mol. The van der Waals surface area contributed by atoms with Crippen LogP contribution in [0.25, 0.3) is 11.0 Å². The summed E-state index contributed by atoms with van der Waals surface area (Å²) >= 11 is 6.32. The van der Waals surface area contributed by atoms with Gasteiger partial charge < -0.3 is 14.6 Å². The molecule has 2 heterocycles. The van der Waals surface area contributed by atoms with Gasteiger partial charge in [0.05, 0.1) is 28.0 Å². The Hall–Kier alpha value is -3.88. The molecule has 15 heteroatoms. The fourth-order valence-electron chi connectivity index (χ4n) is 3.25. The average molecular weight is 556 g/mol. The molecule has 2 aromatic heterocycles. The second-order valence-electron chi connectivity index (χ2n) is 7.64. The number of aryl methyl sites for hydroxylation is 1. The Kier molecular flexibility index (Phi) is 6.99. The van der Waals surface area contributed by atoms with E-state index in [0.717, 1.165) is 12.1 Å². The van der Waals surface area contributed by atoms with Crippen molar-refractivity contribution in [2.75, 3.05) is 16.6 Å². The van der Waals surface area contributed by atoms with E-state index in [9.17, 15) is 26.4 Å². The van der Waals surface area contributed by atoms with Crippen LogP contribution >= 0.6 is 11.6 Å². The Morgan fingerprint density at radius 1 is 1.14 bits per heavy atom. The number of fused-ring (bicyclic) bond motifs is 1. The van der Waals surface area contributed by atoms with Gasteiger partial charge in [-0.1, -0.05) is 17.7 Å². The first-order chi connectivity index (χ1) is 17.3. The molecule has 0 unspecified atom stereocenters. The van der Waals surface area contributed by atoms with E-state index in [-0.39, 0.29) is 28.0 Å². The first kappa shape index (κ1) is 26.2. The normalized spacial score (nSPS) is 11.9. The van der Waals surface area contributed by atoms with E-state index in [2.05, 4.69) is 15.3 Å². The summed E-state index contributed by atoms with van der Waals surface area (Å²) in [7, 11) is -2.49. The van der Waals surface area contributed by atoms with Crippen LogP contribution in [-0.4, -0.2) is 35.2 Å². The zero-order valence-electron chi connectivity index (χ0n) is 19.0. The van der Waals surface area contributed by atoms with Crippen molar-refractivity contribution < 1.29 is 35.4 Å². The Labute approximate surface area is 213 Å².